The Bertz CT molecular complexity index is 155. The molecule has 1 saturated heterocycles. The van der Waals surface area contributed by atoms with Crippen LogP contribution in [0.2, 0.25) is 0 Å². The molecule has 84 valence electrons. The lowest BCUT2D eigenvalue weighted by molar-refractivity contribution is 0.0171. The summed E-state index contributed by atoms with van der Waals surface area (Å²) in [6.45, 7) is 4.27. The van der Waals surface area contributed by atoms with E-state index in [1.807, 2.05) is 0 Å². The maximum atomic E-state index is 9.61. The molecule has 1 heterocycles. The first-order chi connectivity index (χ1) is 6.64. The Morgan fingerprint density at radius 3 is 3.00 bits per heavy atom. The fourth-order valence-corrected chi connectivity index (χ4v) is 1.45. The Labute approximate surface area is 85.4 Å². The minimum absolute atomic E-state index is 0.262. The highest BCUT2D eigenvalue weighted by atomic mass is 16.5. The van der Waals surface area contributed by atoms with Gasteiger partial charge >= 0.3 is 0 Å². The van der Waals surface area contributed by atoms with Gasteiger partial charge in [0.15, 0.2) is 0 Å². The zero-order valence-corrected chi connectivity index (χ0v) is 8.87. The van der Waals surface area contributed by atoms with E-state index in [1.54, 1.807) is 6.92 Å². The van der Waals surface area contributed by atoms with Gasteiger partial charge in [0.25, 0.3) is 0 Å². The van der Waals surface area contributed by atoms with Crippen LogP contribution in [0.5, 0.6) is 0 Å². The molecule has 0 saturated carbocycles. The molecule has 0 spiro atoms. The van der Waals surface area contributed by atoms with Crippen LogP contribution in [0.1, 0.15) is 26.2 Å². The molecule has 0 aliphatic carbocycles. The second-order valence-corrected chi connectivity index (χ2v) is 4.16. The highest BCUT2D eigenvalue weighted by molar-refractivity contribution is 4.73. The maximum absolute atomic E-state index is 9.61. The van der Waals surface area contributed by atoms with Gasteiger partial charge in [-0.15, -0.1) is 0 Å². The maximum Gasteiger partial charge on any atom is 0.0830 e. The van der Waals surface area contributed by atoms with Gasteiger partial charge in [0.05, 0.1) is 18.3 Å². The molecule has 0 aromatic heterocycles. The van der Waals surface area contributed by atoms with Crippen LogP contribution in [0.4, 0.5) is 0 Å². The van der Waals surface area contributed by atoms with Gasteiger partial charge in [-0.05, 0) is 26.2 Å². The second-order valence-electron chi connectivity index (χ2n) is 4.16. The van der Waals surface area contributed by atoms with Crippen molar-refractivity contribution < 1.29 is 14.6 Å². The standard InChI is InChI=1S/C10H21NO3/c1-10(12,8-11)4-2-5-14-9-3-6-13-7-9/h9,12H,2-8,11H2,1H3. The van der Waals surface area contributed by atoms with Gasteiger partial charge in [0.1, 0.15) is 0 Å². The second kappa shape index (κ2) is 5.66. The zero-order chi connectivity index (χ0) is 10.4. The smallest absolute Gasteiger partial charge is 0.0830 e. The average Bonchev–Trinajstić information content (AvgIpc) is 2.65. The Morgan fingerprint density at radius 2 is 2.43 bits per heavy atom. The summed E-state index contributed by atoms with van der Waals surface area (Å²) in [5.74, 6) is 0. The summed E-state index contributed by atoms with van der Waals surface area (Å²) >= 11 is 0. The van der Waals surface area contributed by atoms with E-state index in [9.17, 15) is 5.11 Å². The van der Waals surface area contributed by atoms with Crippen molar-refractivity contribution in [2.45, 2.75) is 37.9 Å². The minimum atomic E-state index is -0.741. The van der Waals surface area contributed by atoms with Gasteiger partial charge in [-0.3, -0.25) is 0 Å². The Balaban J connectivity index is 1.98. The lowest BCUT2D eigenvalue weighted by Gasteiger charge is -2.21. The molecule has 0 aromatic rings. The molecule has 14 heavy (non-hydrogen) atoms. The van der Waals surface area contributed by atoms with Gasteiger partial charge in [0, 0.05) is 19.8 Å². The topological polar surface area (TPSA) is 64.7 Å². The highest BCUT2D eigenvalue weighted by Crippen LogP contribution is 2.12. The van der Waals surface area contributed by atoms with Gasteiger partial charge in [0.2, 0.25) is 0 Å². The summed E-state index contributed by atoms with van der Waals surface area (Å²) in [6.07, 6.45) is 2.79. The molecule has 2 unspecified atom stereocenters. The number of aliphatic hydroxyl groups is 1. The zero-order valence-electron chi connectivity index (χ0n) is 8.87. The van der Waals surface area contributed by atoms with Crippen molar-refractivity contribution in [3.63, 3.8) is 0 Å². The number of hydrogen-bond acceptors (Lipinski definition) is 4. The predicted molar refractivity (Wildman–Crippen MR) is 54.1 cm³/mol. The fraction of sp³-hybridized carbons (Fsp3) is 1.00. The van der Waals surface area contributed by atoms with Gasteiger partial charge < -0.3 is 20.3 Å². The number of nitrogens with two attached hydrogens (primary N) is 1. The molecular weight excluding hydrogens is 182 g/mol. The van der Waals surface area contributed by atoms with Crippen molar-refractivity contribution >= 4 is 0 Å². The van der Waals surface area contributed by atoms with Crippen LogP contribution in [0.15, 0.2) is 0 Å². The molecule has 0 aromatic carbocycles. The van der Waals surface area contributed by atoms with Gasteiger partial charge in [-0.2, -0.15) is 0 Å². The molecule has 4 heteroatoms. The molecule has 1 fully saturated rings. The molecule has 1 aliphatic rings. The van der Waals surface area contributed by atoms with E-state index >= 15 is 0 Å². The third-order valence-electron chi connectivity index (χ3n) is 2.54. The molecule has 1 aliphatic heterocycles. The van der Waals surface area contributed by atoms with E-state index in [-0.39, 0.29) is 6.10 Å². The van der Waals surface area contributed by atoms with Crippen LogP contribution in [-0.2, 0) is 9.47 Å². The number of ether oxygens (including phenoxy) is 2. The lowest BCUT2D eigenvalue weighted by Crippen LogP contribution is -2.34. The van der Waals surface area contributed by atoms with E-state index in [0.29, 0.717) is 26.2 Å². The molecule has 3 N–H and O–H groups in total. The van der Waals surface area contributed by atoms with E-state index < -0.39 is 5.60 Å². The molecule has 0 radical (unpaired) electrons. The highest BCUT2D eigenvalue weighted by Gasteiger charge is 2.19. The molecular formula is C10H21NO3. The van der Waals surface area contributed by atoms with Crippen LogP contribution in [0.25, 0.3) is 0 Å². The van der Waals surface area contributed by atoms with Crippen LogP contribution in [0, 0.1) is 0 Å². The molecule has 0 bridgehead atoms. The first-order valence-electron chi connectivity index (χ1n) is 5.26. The number of hydrogen-bond donors (Lipinski definition) is 2. The van der Waals surface area contributed by atoms with Crippen molar-refractivity contribution in [2.24, 2.45) is 5.73 Å². The molecule has 4 nitrogen and oxygen atoms in total. The Morgan fingerprint density at radius 1 is 1.64 bits per heavy atom. The molecule has 2 atom stereocenters. The van der Waals surface area contributed by atoms with Crippen LogP contribution in [-0.4, -0.2) is 43.2 Å². The molecule has 1 rings (SSSR count). The van der Waals surface area contributed by atoms with E-state index in [4.69, 9.17) is 15.2 Å². The van der Waals surface area contributed by atoms with Crippen molar-refractivity contribution in [2.75, 3.05) is 26.4 Å². The van der Waals surface area contributed by atoms with Crippen molar-refractivity contribution in [1.82, 2.24) is 0 Å². The summed E-state index contributed by atoms with van der Waals surface area (Å²) < 4.78 is 10.7. The van der Waals surface area contributed by atoms with Crippen LogP contribution < -0.4 is 5.73 Å². The SMILES string of the molecule is CC(O)(CN)CCCOC1CCOC1. The summed E-state index contributed by atoms with van der Waals surface area (Å²) in [5, 5.41) is 9.61. The predicted octanol–water partition coefficient (Wildman–Crippen LogP) is 0.282. The summed E-state index contributed by atoms with van der Waals surface area (Å²) in [6, 6.07) is 0. The largest absolute Gasteiger partial charge is 0.389 e. The fourth-order valence-electron chi connectivity index (χ4n) is 1.45. The van der Waals surface area contributed by atoms with E-state index in [1.165, 1.54) is 0 Å². The quantitative estimate of drug-likeness (QED) is 0.609. The normalized spacial score (nSPS) is 26.4. The minimum Gasteiger partial charge on any atom is -0.389 e. The third kappa shape index (κ3) is 4.37. The summed E-state index contributed by atoms with van der Waals surface area (Å²) in [7, 11) is 0. The van der Waals surface area contributed by atoms with Gasteiger partial charge in [-0.1, -0.05) is 0 Å². The Hall–Kier alpha value is -0.160. The average molecular weight is 203 g/mol. The number of rotatable bonds is 6. The van der Waals surface area contributed by atoms with E-state index in [0.717, 1.165) is 19.4 Å². The van der Waals surface area contributed by atoms with Crippen LogP contribution in [0.3, 0.4) is 0 Å². The van der Waals surface area contributed by atoms with E-state index in [2.05, 4.69) is 0 Å². The lowest BCUT2D eigenvalue weighted by atomic mass is 10.0. The van der Waals surface area contributed by atoms with Crippen molar-refractivity contribution in [3.05, 3.63) is 0 Å². The third-order valence-corrected chi connectivity index (χ3v) is 2.54. The first kappa shape index (κ1) is 11.9. The molecule has 0 amide bonds. The summed E-state index contributed by atoms with van der Waals surface area (Å²) in [4.78, 5) is 0. The van der Waals surface area contributed by atoms with Crippen molar-refractivity contribution in [3.8, 4) is 0 Å². The summed E-state index contributed by atoms with van der Waals surface area (Å²) in [5.41, 5.74) is 4.66. The Kier molecular flexibility index (Phi) is 4.81. The monoisotopic (exact) mass is 203 g/mol. The van der Waals surface area contributed by atoms with Gasteiger partial charge in [-0.25, -0.2) is 0 Å². The van der Waals surface area contributed by atoms with Crippen molar-refractivity contribution in [1.29, 1.82) is 0 Å². The van der Waals surface area contributed by atoms with Crippen LogP contribution >= 0.6 is 0 Å². The first-order valence-corrected chi connectivity index (χ1v) is 5.26.